The zero-order chi connectivity index (χ0) is 13.1. The number of nitrogens with one attached hydrogen (secondary N) is 1. The molecule has 1 aromatic carbocycles. The molecule has 0 saturated carbocycles. The molecule has 92 valence electrons. The summed E-state index contributed by atoms with van der Waals surface area (Å²) in [4.78, 5) is 11.9. The number of carbonyl (C=O) groups excluding carboxylic acids is 1. The van der Waals surface area contributed by atoms with Gasteiger partial charge in [0.15, 0.2) is 6.20 Å². The first-order valence-corrected chi connectivity index (χ1v) is 5.79. The van der Waals surface area contributed by atoms with Gasteiger partial charge in [0.25, 0.3) is 5.91 Å². The van der Waals surface area contributed by atoms with Gasteiger partial charge < -0.3 is 10.5 Å². The highest BCUT2D eigenvalue weighted by Gasteiger charge is 2.15. The normalized spacial score (nSPS) is 10.1. The van der Waals surface area contributed by atoms with Crippen LogP contribution in [0.4, 0.5) is 5.69 Å². The third-order valence-electron chi connectivity index (χ3n) is 2.27. The van der Waals surface area contributed by atoms with Crippen molar-refractivity contribution in [2.75, 3.05) is 5.32 Å². The first-order chi connectivity index (χ1) is 8.59. The molecule has 1 heterocycles. The van der Waals surface area contributed by atoms with Crippen LogP contribution in [0.2, 0.25) is 10.2 Å². The third kappa shape index (κ3) is 2.55. The van der Waals surface area contributed by atoms with Crippen LogP contribution < -0.4 is 10.0 Å². The highest BCUT2D eigenvalue weighted by Crippen LogP contribution is 2.20. The topological polar surface area (TPSA) is 56.0 Å². The summed E-state index contributed by atoms with van der Waals surface area (Å²) in [6.45, 7) is 0. The van der Waals surface area contributed by atoms with Crippen LogP contribution in [0.15, 0.2) is 42.6 Å². The maximum atomic E-state index is 11.9. The van der Waals surface area contributed by atoms with Gasteiger partial charge in [-0.2, -0.15) is 4.73 Å². The lowest BCUT2D eigenvalue weighted by Crippen LogP contribution is -2.28. The van der Waals surface area contributed by atoms with Crippen molar-refractivity contribution in [1.29, 1.82) is 0 Å². The van der Waals surface area contributed by atoms with Gasteiger partial charge in [-0.15, -0.1) is 0 Å². The monoisotopic (exact) mass is 282 g/mol. The van der Waals surface area contributed by atoms with Crippen LogP contribution in [-0.2, 0) is 0 Å². The quantitative estimate of drug-likeness (QED) is 0.523. The SMILES string of the molecule is O=C(Nc1ccc[n+]([O-])c1Cl)c1ccccc1Cl. The minimum absolute atomic E-state index is 0.0992. The van der Waals surface area contributed by atoms with Crippen LogP contribution in [0.3, 0.4) is 0 Å². The van der Waals surface area contributed by atoms with E-state index in [9.17, 15) is 10.0 Å². The summed E-state index contributed by atoms with van der Waals surface area (Å²) < 4.78 is 0.462. The third-order valence-corrected chi connectivity index (χ3v) is 2.97. The molecule has 0 aliphatic heterocycles. The maximum Gasteiger partial charge on any atom is 0.310 e. The fourth-order valence-corrected chi connectivity index (χ4v) is 1.79. The van der Waals surface area contributed by atoms with Crippen molar-refractivity contribution in [3.8, 4) is 0 Å². The number of hydrogen-bond donors (Lipinski definition) is 1. The number of rotatable bonds is 2. The van der Waals surface area contributed by atoms with E-state index in [-0.39, 0.29) is 10.8 Å². The molecule has 0 aliphatic rings. The summed E-state index contributed by atoms with van der Waals surface area (Å²) in [7, 11) is 0. The lowest BCUT2D eigenvalue weighted by molar-refractivity contribution is -0.602. The molecule has 2 aromatic rings. The molecule has 2 rings (SSSR count). The molecular formula is C12H8Cl2N2O2. The number of pyridine rings is 1. The Morgan fingerprint density at radius 1 is 1.17 bits per heavy atom. The number of halogens is 2. The van der Waals surface area contributed by atoms with Gasteiger partial charge in [-0.25, -0.2) is 0 Å². The van der Waals surface area contributed by atoms with Crippen molar-refractivity contribution in [1.82, 2.24) is 0 Å². The largest absolute Gasteiger partial charge is 0.618 e. The summed E-state index contributed by atoms with van der Waals surface area (Å²) in [5, 5.41) is 14.0. The Bertz CT molecular complexity index is 602. The van der Waals surface area contributed by atoms with Crippen LogP contribution >= 0.6 is 23.2 Å². The fraction of sp³-hybridized carbons (Fsp3) is 0. The summed E-state index contributed by atoms with van der Waals surface area (Å²) >= 11 is 11.7. The second-order valence-corrected chi connectivity index (χ2v) is 4.24. The van der Waals surface area contributed by atoms with Crippen molar-refractivity contribution in [2.24, 2.45) is 0 Å². The van der Waals surface area contributed by atoms with E-state index in [1.165, 1.54) is 18.3 Å². The number of aromatic nitrogens is 1. The minimum atomic E-state index is -0.422. The fourth-order valence-electron chi connectivity index (χ4n) is 1.40. The van der Waals surface area contributed by atoms with E-state index < -0.39 is 5.91 Å². The lowest BCUT2D eigenvalue weighted by atomic mass is 10.2. The molecular weight excluding hydrogens is 275 g/mol. The van der Waals surface area contributed by atoms with Crippen LogP contribution in [0.1, 0.15) is 10.4 Å². The summed E-state index contributed by atoms with van der Waals surface area (Å²) in [5.41, 5.74) is 0.552. The minimum Gasteiger partial charge on any atom is -0.618 e. The van der Waals surface area contributed by atoms with Crippen molar-refractivity contribution in [3.63, 3.8) is 0 Å². The maximum absolute atomic E-state index is 11.9. The molecule has 0 spiro atoms. The molecule has 6 heteroatoms. The van der Waals surface area contributed by atoms with E-state index in [4.69, 9.17) is 23.2 Å². The molecule has 0 atom stereocenters. The Morgan fingerprint density at radius 2 is 1.89 bits per heavy atom. The van der Waals surface area contributed by atoms with E-state index in [0.29, 0.717) is 15.3 Å². The van der Waals surface area contributed by atoms with Crippen LogP contribution in [0.25, 0.3) is 0 Å². The second-order valence-electron chi connectivity index (χ2n) is 3.47. The molecule has 1 aromatic heterocycles. The van der Waals surface area contributed by atoms with Gasteiger partial charge in [-0.05, 0) is 29.8 Å². The van der Waals surface area contributed by atoms with Crippen molar-refractivity contribution in [3.05, 3.63) is 63.5 Å². The summed E-state index contributed by atoms with van der Waals surface area (Å²) in [5.74, 6) is -0.422. The molecule has 0 bridgehead atoms. The smallest absolute Gasteiger partial charge is 0.310 e. The zero-order valence-corrected chi connectivity index (χ0v) is 10.6. The Kier molecular flexibility index (Phi) is 3.69. The van der Waals surface area contributed by atoms with Crippen LogP contribution in [-0.4, -0.2) is 5.91 Å². The molecule has 4 nitrogen and oxygen atoms in total. The van der Waals surface area contributed by atoms with E-state index in [1.807, 2.05) is 0 Å². The number of nitrogens with zero attached hydrogens (tertiary/aromatic N) is 1. The highest BCUT2D eigenvalue weighted by atomic mass is 35.5. The molecule has 0 saturated heterocycles. The standard InChI is InChI=1S/C12H8Cl2N2O2/c13-9-5-2-1-4-8(9)12(17)15-10-6-3-7-16(18)11(10)14/h1-7H,(H,15,17). The molecule has 1 N–H and O–H groups in total. The first-order valence-electron chi connectivity index (χ1n) is 5.03. The number of benzene rings is 1. The molecule has 1 amide bonds. The van der Waals surface area contributed by atoms with Gasteiger partial charge in [-0.3, -0.25) is 4.79 Å². The Hall–Kier alpha value is -1.78. The Morgan fingerprint density at radius 3 is 2.61 bits per heavy atom. The predicted molar refractivity (Wildman–Crippen MR) is 69.8 cm³/mol. The zero-order valence-electron chi connectivity index (χ0n) is 9.06. The Balaban J connectivity index is 2.27. The first kappa shape index (κ1) is 12.7. The number of amides is 1. The van der Waals surface area contributed by atoms with E-state index in [2.05, 4.69) is 5.32 Å². The van der Waals surface area contributed by atoms with Gasteiger partial charge in [0.2, 0.25) is 0 Å². The van der Waals surface area contributed by atoms with Gasteiger partial charge in [0.05, 0.1) is 10.6 Å². The van der Waals surface area contributed by atoms with Crippen molar-refractivity contribution >= 4 is 34.8 Å². The summed E-state index contributed by atoms with van der Waals surface area (Å²) in [6.07, 6.45) is 1.24. The van der Waals surface area contributed by atoms with E-state index in [1.54, 1.807) is 24.3 Å². The predicted octanol–water partition coefficient (Wildman–Crippen LogP) is 2.88. The van der Waals surface area contributed by atoms with Crippen molar-refractivity contribution in [2.45, 2.75) is 0 Å². The highest BCUT2D eigenvalue weighted by molar-refractivity contribution is 6.35. The average molecular weight is 283 g/mol. The van der Waals surface area contributed by atoms with Gasteiger partial charge >= 0.3 is 5.15 Å². The average Bonchev–Trinajstić information content (AvgIpc) is 2.35. The van der Waals surface area contributed by atoms with Crippen molar-refractivity contribution < 1.29 is 9.52 Å². The number of anilines is 1. The number of carbonyl (C=O) groups is 1. The van der Waals surface area contributed by atoms with Gasteiger partial charge in [-0.1, -0.05) is 23.7 Å². The second kappa shape index (κ2) is 5.25. The van der Waals surface area contributed by atoms with E-state index >= 15 is 0 Å². The Labute approximate surface area is 113 Å². The van der Waals surface area contributed by atoms with Crippen LogP contribution in [0.5, 0.6) is 0 Å². The molecule has 0 aliphatic carbocycles. The van der Waals surface area contributed by atoms with Gasteiger partial charge in [0.1, 0.15) is 5.69 Å². The molecule has 0 unspecified atom stereocenters. The molecule has 0 fully saturated rings. The molecule has 18 heavy (non-hydrogen) atoms. The molecule has 0 radical (unpaired) electrons. The lowest BCUT2D eigenvalue weighted by Gasteiger charge is -2.07. The summed E-state index contributed by atoms with van der Waals surface area (Å²) in [6, 6.07) is 9.63. The van der Waals surface area contributed by atoms with Gasteiger partial charge in [0, 0.05) is 6.07 Å². The number of hydrogen-bond acceptors (Lipinski definition) is 2. The van der Waals surface area contributed by atoms with E-state index in [0.717, 1.165) is 0 Å². The van der Waals surface area contributed by atoms with Crippen LogP contribution in [0, 0.1) is 5.21 Å².